The van der Waals surface area contributed by atoms with E-state index < -0.39 is 32.5 Å². The zero-order chi connectivity index (χ0) is 21.5. The van der Waals surface area contributed by atoms with E-state index in [0.29, 0.717) is 0 Å². The molecule has 0 aromatic heterocycles. The van der Waals surface area contributed by atoms with Gasteiger partial charge in [0.2, 0.25) is 0 Å². The molecule has 0 spiro atoms. The fourth-order valence-corrected chi connectivity index (χ4v) is 40.6. The Hall–Kier alpha value is 1.25. The van der Waals surface area contributed by atoms with Crippen LogP contribution in [0.2, 0.25) is 20.2 Å². The fourth-order valence-electron chi connectivity index (χ4n) is 3.44. The molecule has 27 heavy (non-hydrogen) atoms. The Morgan fingerprint density at radius 2 is 0.630 bits per heavy atom. The van der Waals surface area contributed by atoms with E-state index >= 15 is 0 Å². The molecule has 0 amide bonds. The first-order chi connectivity index (χ1) is 11.5. The Morgan fingerprint density at radius 3 is 0.778 bits per heavy atom. The van der Waals surface area contributed by atoms with Crippen molar-refractivity contribution in [1.82, 2.24) is 23.2 Å². The first-order valence-electron chi connectivity index (χ1n) is 9.88. The molecule has 0 aromatic carbocycles. The lowest BCUT2D eigenvalue weighted by atomic mass is 10.3. The molecular formula is C16H41Cl2N5Si4. The Kier molecular flexibility index (Phi) is 5.79. The maximum atomic E-state index is 7.49. The summed E-state index contributed by atoms with van der Waals surface area (Å²) < 4.78 is 20.3. The summed E-state index contributed by atoms with van der Waals surface area (Å²) in [6.45, 7) is 27.4. The highest BCUT2D eigenvalue weighted by atomic mass is 35.6. The highest BCUT2D eigenvalue weighted by molar-refractivity contribution is 7.34. The van der Waals surface area contributed by atoms with Crippen LogP contribution in [0.1, 0.15) is 83.1 Å². The second-order valence-electron chi connectivity index (χ2n) is 12.4. The number of hydrogen-bond donors (Lipinski definition) is 5. The van der Waals surface area contributed by atoms with Crippen molar-refractivity contribution in [1.29, 1.82) is 0 Å². The Bertz CT molecular complexity index is 529. The maximum Gasteiger partial charge on any atom is 0.298 e. The number of rotatable bonds is 0. The van der Waals surface area contributed by atoms with Crippen LogP contribution in [-0.2, 0) is 0 Å². The second kappa shape index (κ2) is 6.38. The summed E-state index contributed by atoms with van der Waals surface area (Å²) >= 11 is 15.0. The van der Waals surface area contributed by atoms with Crippen LogP contribution in [0, 0.1) is 0 Å². The molecule has 2 aliphatic rings. The van der Waals surface area contributed by atoms with Gasteiger partial charge in [0.15, 0.2) is 0 Å². The van der Waals surface area contributed by atoms with Crippen molar-refractivity contribution in [2.75, 3.05) is 0 Å². The van der Waals surface area contributed by atoms with E-state index in [9.17, 15) is 0 Å². The van der Waals surface area contributed by atoms with E-state index in [0.717, 1.165) is 0 Å². The van der Waals surface area contributed by atoms with Gasteiger partial charge >= 0.3 is 0 Å². The van der Waals surface area contributed by atoms with Gasteiger partial charge in [-0.3, -0.25) is 0 Å². The minimum atomic E-state index is -2.55. The fraction of sp³-hybridized carbons (Fsp3) is 1.00. The molecular weight excluding hydrogens is 445 g/mol. The number of hydrogen-bond acceptors (Lipinski definition) is 5. The van der Waals surface area contributed by atoms with Crippen molar-refractivity contribution in [3.8, 4) is 0 Å². The summed E-state index contributed by atoms with van der Waals surface area (Å²) in [5, 5.41) is -0.111. The van der Waals surface area contributed by atoms with Gasteiger partial charge < -0.3 is 23.2 Å². The van der Waals surface area contributed by atoms with Crippen LogP contribution in [0.15, 0.2) is 0 Å². The molecule has 0 saturated carbocycles. The lowest BCUT2D eigenvalue weighted by Gasteiger charge is -2.69. The molecule has 2 rings (SSSR count). The van der Waals surface area contributed by atoms with Gasteiger partial charge in [0.1, 0.15) is 0 Å². The van der Waals surface area contributed by atoms with E-state index in [-0.39, 0.29) is 20.2 Å². The summed E-state index contributed by atoms with van der Waals surface area (Å²) in [7, 11) is -10.0. The SMILES string of the molecule is CC(C)(C)[Si]1(Cl)N[Si]2(C(C)(C)C)N[Si](Cl)(C(C)(C)C)N[Si](C(C)(C)C)(N1)N2. The van der Waals surface area contributed by atoms with E-state index in [1.165, 1.54) is 0 Å². The predicted octanol–water partition coefficient (Wildman–Crippen LogP) is 4.40. The molecule has 2 saturated heterocycles. The summed E-state index contributed by atoms with van der Waals surface area (Å²) in [6.07, 6.45) is 0. The minimum Gasteiger partial charge on any atom is -0.311 e. The van der Waals surface area contributed by atoms with Crippen LogP contribution in [0.25, 0.3) is 0 Å². The summed E-state index contributed by atoms with van der Waals surface area (Å²) in [5.74, 6) is 0. The van der Waals surface area contributed by atoms with Crippen LogP contribution in [-0.4, -0.2) is 32.5 Å². The van der Waals surface area contributed by atoms with Gasteiger partial charge in [-0.05, 0) is 20.2 Å². The van der Waals surface area contributed by atoms with Crippen molar-refractivity contribution in [3.05, 3.63) is 0 Å². The summed E-state index contributed by atoms with van der Waals surface area (Å²) in [5.41, 5.74) is 0. The summed E-state index contributed by atoms with van der Waals surface area (Å²) in [4.78, 5) is 0. The van der Waals surface area contributed by atoms with Crippen molar-refractivity contribution in [2.24, 2.45) is 0 Å². The van der Waals surface area contributed by atoms with Crippen LogP contribution in [0.4, 0.5) is 0 Å². The standard InChI is InChI=1S/C16H41Cl2N5Si4/c1-13(2,3)24(17)19-26(15(7,8)9)21-25(18,14(4,5)6)22-27(20-24,23-26)16(10,11)12/h19-23H,1-12H3. The summed E-state index contributed by atoms with van der Waals surface area (Å²) in [6, 6.07) is 0. The molecule has 0 atom stereocenters. The molecule has 160 valence electrons. The molecule has 2 fully saturated rings. The normalized spacial score (nSPS) is 41.6. The molecule has 2 bridgehead atoms. The van der Waals surface area contributed by atoms with E-state index in [4.69, 9.17) is 22.2 Å². The lowest BCUT2D eigenvalue weighted by molar-refractivity contribution is 0.584. The first-order valence-corrected chi connectivity index (χ1v) is 19.9. The van der Waals surface area contributed by atoms with Crippen molar-refractivity contribution >= 4 is 54.7 Å². The molecule has 0 radical (unpaired) electrons. The number of halogens is 2. The van der Waals surface area contributed by atoms with Gasteiger partial charge in [-0.15, -0.1) is 22.2 Å². The van der Waals surface area contributed by atoms with Gasteiger partial charge in [0.05, 0.1) is 0 Å². The third-order valence-electron chi connectivity index (χ3n) is 6.13. The number of fused-ring (bicyclic) bond motifs is 2. The van der Waals surface area contributed by atoms with E-state index in [1.807, 2.05) is 0 Å². The van der Waals surface area contributed by atoms with Crippen LogP contribution >= 0.6 is 22.2 Å². The first kappa shape index (κ1) is 24.5. The highest BCUT2D eigenvalue weighted by Crippen LogP contribution is 2.50. The minimum absolute atomic E-state index is 0.00250. The Balaban J connectivity index is 2.80. The molecule has 0 aromatic rings. The third-order valence-corrected chi connectivity index (χ3v) is 36.1. The average Bonchev–Trinajstić information content (AvgIpc) is 2.31. The van der Waals surface area contributed by atoms with Crippen molar-refractivity contribution < 1.29 is 0 Å². The maximum absolute atomic E-state index is 7.49. The molecule has 2 heterocycles. The molecule has 11 heteroatoms. The monoisotopic (exact) mass is 485 g/mol. The zero-order valence-electron chi connectivity index (χ0n) is 19.3. The van der Waals surface area contributed by atoms with Crippen LogP contribution in [0.3, 0.4) is 0 Å². The van der Waals surface area contributed by atoms with Gasteiger partial charge in [-0.25, -0.2) is 0 Å². The van der Waals surface area contributed by atoms with Crippen molar-refractivity contribution in [2.45, 2.75) is 103 Å². The molecule has 5 N–H and O–H groups in total. The third kappa shape index (κ3) is 3.84. The predicted molar refractivity (Wildman–Crippen MR) is 129 cm³/mol. The molecule has 5 nitrogen and oxygen atoms in total. The smallest absolute Gasteiger partial charge is 0.298 e. The second-order valence-corrected chi connectivity index (χ2v) is 32.5. The largest absolute Gasteiger partial charge is 0.311 e. The van der Waals surface area contributed by atoms with Crippen molar-refractivity contribution in [3.63, 3.8) is 0 Å². The van der Waals surface area contributed by atoms with Gasteiger partial charge in [-0.1, -0.05) is 83.1 Å². The molecule has 2 aliphatic heterocycles. The topological polar surface area (TPSA) is 60.1 Å². The van der Waals surface area contributed by atoms with Gasteiger partial charge in [-0.2, -0.15) is 0 Å². The Morgan fingerprint density at radius 1 is 0.407 bits per heavy atom. The lowest BCUT2D eigenvalue weighted by Crippen LogP contribution is -3.08. The van der Waals surface area contributed by atoms with E-state index in [2.05, 4.69) is 106 Å². The van der Waals surface area contributed by atoms with Crippen LogP contribution < -0.4 is 23.2 Å². The van der Waals surface area contributed by atoms with Gasteiger partial charge in [0.25, 0.3) is 32.5 Å². The molecule has 0 unspecified atom stereocenters. The molecule has 0 aliphatic carbocycles. The number of nitrogens with one attached hydrogen (secondary N) is 5. The zero-order valence-corrected chi connectivity index (χ0v) is 24.8. The average molecular weight is 487 g/mol. The van der Waals surface area contributed by atoms with Gasteiger partial charge in [0, 0.05) is 0 Å². The van der Waals surface area contributed by atoms with E-state index in [1.54, 1.807) is 0 Å². The highest BCUT2D eigenvalue weighted by Gasteiger charge is 2.74. The van der Waals surface area contributed by atoms with Crippen LogP contribution in [0.5, 0.6) is 0 Å². The Labute approximate surface area is 180 Å². The quantitative estimate of drug-likeness (QED) is 0.260.